The standard InChI is InChI=1S/C13H11NO3/c1-6-4-11(15)17-12-9(6)5-10-7(2)8(3)16-13(10)14-12/h4-5H,1-3H3. The van der Waals surface area contributed by atoms with Gasteiger partial charge in [-0.1, -0.05) is 0 Å². The fourth-order valence-electron chi connectivity index (χ4n) is 1.98. The number of furan rings is 1. The van der Waals surface area contributed by atoms with Gasteiger partial charge < -0.3 is 8.83 Å². The normalized spacial score (nSPS) is 11.5. The number of nitrogens with zero attached hydrogens (tertiary/aromatic N) is 1. The van der Waals surface area contributed by atoms with Crippen molar-refractivity contribution in [1.82, 2.24) is 4.98 Å². The molecule has 0 amide bonds. The predicted molar refractivity (Wildman–Crippen MR) is 64.3 cm³/mol. The Morgan fingerprint density at radius 2 is 1.71 bits per heavy atom. The number of aromatic nitrogens is 1. The lowest BCUT2D eigenvalue weighted by Gasteiger charge is -1.99. The molecular weight excluding hydrogens is 218 g/mol. The van der Waals surface area contributed by atoms with Gasteiger partial charge in [-0.15, -0.1) is 0 Å². The summed E-state index contributed by atoms with van der Waals surface area (Å²) in [4.78, 5) is 15.5. The smallest absolute Gasteiger partial charge is 0.337 e. The highest BCUT2D eigenvalue weighted by molar-refractivity contribution is 5.91. The van der Waals surface area contributed by atoms with E-state index in [1.807, 2.05) is 26.8 Å². The third-order valence-corrected chi connectivity index (χ3v) is 3.09. The summed E-state index contributed by atoms with van der Waals surface area (Å²) in [5.41, 5.74) is 2.39. The van der Waals surface area contributed by atoms with E-state index in [1.54, 1.807) is 0 Å². The molecule has 4 heteroatoms. The van der Waals surface area contributed by atoms with E-state index in [0.29, 0.717) is 11.4 Å². The Labute approximate surface area is 96.9 Å². The van der Waals surface area contributed by atoms with Gasteiger partial charge in [0.15, 0.2) is 0 Å². The summed E-state index contributed by atoms with van der Waals surface area (Å²) < 4.78 is 10.6. The molecule has 0 fully saturated rings. The first-order valence-corrected chi connectivity index (χ1v) is 5.37. The van der Waals surface area contributed by atoms with Crippen LogP contribution in [0.2, 0.25) is 0 Å². The highest BCUT2D eigenvalue weighted by atomic mass is 16.4. The van der Waals surface area contributed by atoms with Crippen LogP contribution in [0.25, 0.3) is 22.2 Å². The summed E-state index contributed by atoms with van der Waals surface area (Å²) in [6, 6.07) is 3.43. The van der Waals surface area contributed by atoms with Crippen molar-refractivity contribution >= 4 is 22.2 Å². The molecule has 0 spiro atoms. The molecule has 0 aliphatic rings. The minimum absolute atomic E-state index is 0.330. The molecule has 0 aliphatic carbocycles. The zero-order valence-electron chi connectivity index (χ0n) is 9.83. The van der Waals surface area contributed by atoms with Gasteiger partial charge in [-0.25, -0.2) is 4.79 Å². The van der Waals surface area contributed by atoms with Crippen LogP contribution in [0, 0.1) is 20.8 Å². The Morgan fingerprint density at radius 1 is 1.00 bits per heavy atom. The predicted octanol–water partition coefficient (Wildman–Crippen LogP) is 2.86. The van der Waals surface area contributed by atoms with Gasteiger partial charge in [0.1, 0.15) is 5.76 Å². The SMILES string of the molecule is Cc1oc2nc3oc(=O)cc(C)c3cc2c1C. The van der Waals surface area contributed by atoms with Crippen LogP contribution in [0.3, 0.4) is 0 Å². The first kappa shape index (κ1) is 10.1. The quantitative estimate of drug-likeness (QED) is 0.594. The third kappa shape index (κ3) is 1.37. The van der Waals surface area contributed by atoms with Gasteiger partial charge in [0.25, 0.3) is 0 Å². The van der Waals surface area contributed by atoms with Crippen LogP contribution in [0.1, 0.15) is 16.9 Å². The Morgan fingerprint density at radius 3 is 2.47 bits per heavy atom. The number of pyridine rings is 1. The monoisotopic (exact) mass is 229 g/mol. The number of hydrogen-bond acceptors (Lipinski definition) is 4. The molecule has 0 saturated heterocycles. The van der Waals surface area contributed by atoms with Gasteiger partial charge in [0, 0.05) is 16.8 Å². The zero-order chi connectivity index (χ0) is 12.2. The van der Waals surface area contributed by atoms with Crippen molar-refractivity contribution in [3.63, 3.8) is 0 Å². The van der Waals surface area contributed by atoms with E-state index in [-0.39, 0.29) is 5.63 Å². The minimum Gasteiger partial charge on any atom is -0.443 e. The molecule has 0 saturated carbocycles. The number of aryl methyl sites for hydroxylation is 3. The molecule has 4 nitrogen and oxygen atoms in total. The fourth-order valence-corrected chi connectivity index (χ4v) is 1.98. The highest BCUT2D eigenvalue weighted by Gasteiger charge is 2.12. The minimum atomic E-state index is -0.387. The average molecular weight is 229 g/mol. The number of rotatable bonds is 0. The maximum Gasteiger partial charge on any atom is 0.337 e. The van der Waals surface area contributed by atoms with E-state index in [1.165, 1.54) is 6.07 Å². The Kier molecular flexibility index (Phi) is 1.90. The molecule has 0 N–H and O–H groups in total. The lowest BCUT2D eigenvalue weighted by Crippen LogP contribution is -1.98. The summed E-state index contributed by atoms with van der Waals surface area (Å²) in [7, 11) is 0. The van der Waals surface area contributed by atoms with Crippen LogP contribution < -0.4 is 5.63 Å². The van der Waals surface area contributed by atoms with E-state index in [0.717, 1.165) is 27.7 Å². The van der Waals surface area contributed by atoms with E-state index in [4.69, 9.17) is 8.83 Å². The van der Waals surface area contributed by atoms with Gasteiger partial charge in [0.2, 0.25) is 11.4 Å². The molecule has 0 aromatic carbocycles. The summed E-state index contributed by atoms with van der Waals surface area (Å²) in [6.07, 6.45) is 0. The molecule has 3 aromatic heterocycles. The molecule has 0 radical (unpaired) electrons. The molecule has 0 atom stereocenters. The van der Waals surface area contributed by atoms with Crippen molar-refractivity contribution in [2.75, 3.05) is 0 Å². The zero-order valence-corrected chi connectivity index (χ0v) is 9.83. The molecule has 0 aliphatic heterocycles. The van der Waals surface area contributed by atoms with E-state index < -0.39 is 0 Å². The van der Waals surface area contributed by atoms with E-state index >= 15 is 0 Å². The summed E-state index contributed by atoms with van der Waals surface area (Å²) >= 11 is 0. The van der Waals surface area contributed by atoms with Crippen LogP contribution in [0.15, 0.2) is 25.8 Å². The Hall–Kier alpha value is -2.10. The van der Waals surface area contributed by atoms with Crippen LogP contribution in [0.4, 0.5) is 0 Å². The van der Waals surface area contributed by atoms with Gasteiger partial charge in [-0.05, 0) is 38.0 Å². The third-order valence-electron chi connectivity index (χ3n) is 3.09. The van der Waals surface area contributed by atoms with Crippen LogP contribution in [0.5, 0.6) is 0 Å². The second-order valence-corrected chi connectivity index (χ2v) is 4.23. The second-order valence-electron chi connectivity index (χ2n) is 4.23. The second kappa shape index (κ2) is 3.20. The summed E-state index contributed by atoms with van der Waals surface area (Å²) in [5, 5.41) is 1.81. The van der Waals surface area contributed by atoms with Crippen molar-refractivity contribution in [3.8, 4) is 0 Å². The van der Waals surface area contributed by atoms with Crippen molar-refractivity contribution in [2.24, 2.45) is 0 Å². The van der Waals surface area contributed by atoms with Gasteiger partial charge >= 0.3 is 5.63 Å². The molecule has 3 rings (SSSR count). The molecule has 0 bridgehead atoms. The van der Waals surface area contributed by atoms with Crippen molar-refractivity contribution in [3.05, 3.63) is 39.4 Å². The molecule has 3 aromatic rings. The first-order valence-electron chi connectivity index (χ1n) is 5.37. The summed E-state index contributed by atoms with van der Waals surface area (Å²) in [6.45, 7) is 5.75. The van der Waals surface area contributed by atoms with E-state index in [9.17, 15) is 4.79 Å². The average Bonchev–Trinajstić information content (AvgIpc) is 2.52. The van der Waals surface area contributed by atoms with Crippen LogP contribution in [-0.2, 0) is 0 Å². The van der Waals surface area contributed by atoms with Crippen molar-refractivity contribution < 1.29 is 8.83 Å². The van der Waals surface area contributed by atoms with Crippen LogP contribution >= 0.6 is 0 Å². The van der Waals surface area contributed by atoms with Gasteiger partial charge in [0.05, 0.1) is 0 Å². The fraction of sp³-hybridized carbons (Fsp3) is 0.231. The molecule has 86 valence electrons. The largest absolute Gasteiger partial charge is 0.443 e. The van der Waals surface area contributed by atoms with Crippen molar-refractivity contribution in [2.45, 2.75) is 20.8 Å². The molecule has 17 heavy (non-hydrogen) atoms. The highest BCUT2D eigenvalue weighted by Crippen LogP contribution is 2.27. The maximum absolute atomic E-state index is 11.3. The lowest BCUT2D eigenvalue weighted by molar-refractivity contribution is 0.536. The first-order chi connectivity index (χ1) is 8.06. The topological polar surface area (TPSA) is 56.2 Å². The lowest BCUT2D eigenvalue weighted by atomic mass is 10.1. The van der Waals surface area contributed by atoms with Gasteiger partial charge in [-0.3, -0.25) is 0 Å². The number of hydrogen-bond donors (Lipinski definition) is 0. The van der Waals surface area contributed by atoms with E-state index in [2.05, 4.69) is 4.98 Å². The number of fused-ring (bicyclic) bond motifs is 2. The van der Waals surface area contributed by atoms with Crippen LogP contribution in [-0.4, -0.2) is 4.98 Å². The summed E-state index contributed by atoms with van der Waals surface area (Å²) in [5.74, 6) is 0.836. The molecule has 3 heterocycles. The molecule has 0 unspecified atom stereocenters. The van der Waals surface area contributed by atoms with Gasteiger partial charge in [-0.2, -0.15) is 4.98 Å². The Balaban J connectivity index is 2.56. The van der Waals surface area contributed by atoms with Crippen molar-refractivity contribution in [1.29, 1.82) is 0 Å². The molecular formula is C13H11NO3. The Bertz CT molecular complexity index is 796. The maximum atomic E-state index is 11.3.